The standard InChI is InChI=1S/C15H17BrN2O3/c16-12-1-2-14-9(4-12)3-10(8-21-14)15(20)18-6-11-5-17-7-13(11)19/h1-4,11,13,17,19H,5-8H2,(H,18,20). The smallest absolute Gasteiger partial charge is 0.250 e. The zero-order valence-corrected chi connectivity index (χ0v) is 13.0. The Balaban J connectivity index is 1.65. The number of β-amino-alcohol motifs (C(OH)–C–C–N with tert-alkyl or cyclic N) is 1. The van der Waals surface area contributed by atoms with E-state index in [0.29, 0.717) is 18.7 Å². The Morgan fingerprint density at radius 2 is 2.33 bits per heavy atom. The summed E-state index contributed by atoms with van der Waals surface area (Å²) >= 11 is 3.41. The predicted octanol–water partition coefficient (Wildman–Crippen LogP) is 0.921. The van der Waals surface area contributed by atoms with E-state index in [9.17, 15) is 9.90 Å². The van der Waals surface area contributed by atoms with Gasteiger partial charge < -0.3 is 20.5 Å². The number of carbonyl (C=O) groups is 1. The van der Waals surface area contributed by atoms with Gasteiger partial charge in [0.05, 0.1) is 11.7 Å². The van der Waals surface area contributed by atoms with Gasteiger partial charge in [-0.05, 0) is 24.3 Å². The lowest BCUT2D eigenvalue weighted by Gasteiger charge is -2.19. The molecular formula is C15H17BrN2O3. The molecule has 1 aromatic carbocycles. The molecule has 1 amide bonds. The number of aliphatic hydroxyl groups excluding tert-OH is 1. The molecule has 0 spiro atoms. The summed E-state index contributed by atoms with van der Waals surface area (Å²) in [7, 11) is 0. The number of aliphatic hydroxyl groups is 1. The van der Waals surface area contributed by atoms with E-state index in [1.54, 1.807) is 0 Å². The molecule has 1 fully saturated rings. The van der Waals surface area contributed by atoms with Gasteiger partial charge >= 0.3 is 0 Å². The molecule has 112 valence electrons. The van der Waals surface area contributed by atoms with E-state index in [4.69, 9.17) is 4.74 Å². The Kier molecular flexibility index (Phi) is 4.28. The van der Waals surface area contributed by atoms with Crippen molar-refractivity contribution in [3.8, 4) is 5.75 Å². The van der Waals surface area contributed by atoms with Crippen LogP contribution in [0.25, 0.3) is 6.08 Å². The molecule has 2 unspecified atom stereocenters. The van der Waals surface area contributed by atoms with Crippen LogP contribution in [-0.4, -0.2) is 43.4 Å². The largest absolute Gasteiger partial charge is 0.488 e. The van der Waals surface area contributed by atoms with Crippen molar-refractivity contribution in [3.63, 3.8) is 0 Å². The SMILES string of the molecule is O=C(NCC1CNCC1O)C1=Cc2cc(Br)ccc2OC1. The van der Waals surface area contributed by atoms with Crippen molar-refractivity contribution in [1.82, 2.24) is 10.6 Å². The maximum absolute atomic E-state index is 12.2. The zero-order valence-electron chi connectivity index (χ0n) is 11.4. The highest BCUT2D eigenvalue weighted by atomic mass is 79.9. The quantitative estimate of drug-likeness (QED) is 0.756. The number of rotatable bonds is 3. The normalized spacial score (nSPS) is 24.0. The third-order valence-electron chi connectivity index (χ3n) is 3.81. The highest BCUT2D eigenvalue weighted by molar-refractivity contribution is 9.10. The Morgan fingerprint density at radius 1 is 1.48 bits per heavy atom. The van der Waals surface area contributed by atoms with Gasteiger partial charge in [-0.1, -0.05) is 15.9 Å². The minimum Gasteiger partial charge on any atom is -0.488 e. The molecule has 1 aromatic rings. The van der Waals surface area contributed by atoms with Crippen LogP contribution in [0.5, 0.6) is 5.75 Å². The first-order valence-electron chi connectivity index (χ1n) is 6.93. The van der Waals surface area contributed by atoms with Crippen LogP contribution >= 0.6 is 15.9 Å². The summed E-state index contributed by atoms with van der Waals surface area (Å²) in [6.45, 7) is 2.06. The van der Waals surface area contributed by atoms with E-state index in [0.717, 1.165) is 22.3 Å². The summed E-state index contributed by atoms with van der Waals surface area (Å²) in [5, 5.41) is 15.7. The van der Waals surface area contributed by atoms with E-state index >= 15 is 0 Å². The second kappa shape index (κ2) is 6.17. The Labute approximate surface area is 131 Å². The van der Waals surface area contributed by atoms with Crippen LogP contribution in [0.3, 0.4) is 0 Å². The fourth-order valence-electron chi connectivity index (χ4n) is 2.54. The van der Waals surface area contributed by atoms with Crippen LogP contribution in [0, 0.1) is 5.92 Å². The van der Waals surface area contributed by atoms with E-state index in [1.165, 1.54) is 0 Å². The topological polar surface area (TPSA) is 70.6 Å². The number of hydrogen-bond acceptors (Lipinski definition) is 4. The Bertz CT molecular complexity index is 588. The fourth-order valence-corrected chi connectivity index (χ4v) is 2.92. The molecule has 2 atom stereocenters. The molecule has 2 heterocycles. The number of fused-ring (bicyclic) bond motifs is 1. The van der Waals surface area contributed by atoms with Gasteiger partial charge in [0, 0.05) is 35.6 Å². The summed E-state index contributed by atoms with van der Waals surface area (Å²) in [5.41, 5.74) is 1.49. The molecule has 2 aliphatic heterocycles. The summed E-state index contributed by atoms with van der Waals surface area (Å²) in [6.07, 6.45) is 1.46. The number of amides is 1. The van der Waals surface area contributed by atoms with E-state index in [2.05, 4.69) is 26.6 Å². The first-order valence-corrected chi connectivity index (χ1v) is 7.72. The lowest BCUT2D eigenvalue weighted by Crippen LogP contribution is -2.36. The molecule has 21 heavy (non-hydrogen) atoms. The number of hydrogen-bond donors (Lipinski definition) is 3. The monoisotopic (exact) mass is 352 g/mol. The zero-order chi connectivity index (χ0) is 14.8. The average Bonchev–Trinajstić information content (AvgIpc) is 2.89. The number of nitrogens with one attached hydrogen (secondary N) is 2. The minimum absolute atomic E-state index is 0.0699. The molecular weight excluding hydrogens is 336 g/mol. The van der Waals surface area contributed by atoms with Gasteiger partial charge in [0.15, 0.2) is 0 Å². The highest BCUT2D eigenvalue weighted by Crippen LogP contribution is 2.29. The van der Waals surface area contributed by atoms with Crippen molar-refractivity contribution in [1.29, 1.82) is 0 Å². The second-order valence-electron chi connectivity index (χ2n) is 5.34. The molecule has 0 radical (unpaired) electrons. The maximum Gasteiger partial charge on any atom is 0.250 e. The molecule has 1 saturated heterocycles. The van der Waals surface area contributed by atoms with Gasteiger partial charge in [-0.25, -0.2) is 0 Å². The summed E-state index contributed by atoms with van der Waals surface area (Å²) in [4.78, 5) is 12.2. The lowest BCUT2D eigenvalue weighted by molar-refractivity contribution is -0.118. The van der Waals surface area contributed by atoms with E-state index in [-0.39, 0.29) is 18.4 Å². The van der Waals surface area contributed by atoms with Crippen LogP contribution < -0.4 is 15.4 Å². The molecule has 6 heteroatoms. The van der Waals surface area contributed by atoms with Gasteiger partial charge in [-0.3, -0.25) is 4.79 Å². The van der Waals surface area contributed by atoms with E-state index < -0.39 is 6.10 Å². The van der Waals surface area contributed by atoms with Gasteiger partial charge in [0.1, 0.15) is 12.4 Å². The number of halogens is 1. The van der Waals surface area contributed by atoms with Crippen molar-refractivity contribution in [2.75, 3.05) is 26.2 Å². The van der Waals surface area contributed by atoms with Crippen molar-refractivity contribution in [2.45, 2.75) is 6.10 Å². The average molecular weight is 353 g/mol. The van der Waals surface area contributed by atoms with E-state index in [1.807, 2.05) is 24.3 Å². The van der Waals surface area contributed by atoms with Crippen molar-refractivity contribution in [3.05, 3.63) is 33.8 Å². The van der Waals surface area contributed by atoms with Crippen LogP contribution in [0.4, 0.5) is 0 Å². The van der Waals surface area contributed by atoms with Gasteiger partial charge in [0.2, 0.25) is 0 Å². The second-order valence-corrected chi connectivity index (χ2v) is 6.25. The number of carbonyl (C=O) groups excluding carboxylic acids is 1. The highest BCUT2D eigenvalue weighted by Gasteiger charge is 2.26. The summed E-state index contributed by atoms with van der Waals surface area (Å²) < 4.78 is 6.54. The third-order valence-corrected chi connectivity index (χ3v) is 4.30. The van der Waals surface area contributed by atoms with Gasteiger partial charge in [0.25, 0.3) is 5.91 Å². The molecule has 5 nitrogen and oxygen atoms in total. The minimum atomic E-state index is -0.390. The molecule has 0 aromatic heterocycles. The van der Waals surface area contributed by atoms with Crippen LogP contribution in [0.15, 0.2) is 28.2 Å². The van der Waals surface area contributed by atoms with Gasteiger partial charge in [-0.15, -0.1) is 0 Å². The van der Waals surface area contributed by atoms with Crippen LogP contribution in [-0.2, 0) is 4.79 Å². The molecule has 3 rings (SSSR count). The predicted molar refractivity (Wildman–Crippen MR) is 83.0 cm³/mol. The van der Waals surface area contributed by atoms with Crippen molar-refractivity contribution < 1.29 is 14.6 Å². The summed E-state index contributed by atoms with van der Waals surface area (Å²) in [6, 6.07) is 5.71. The number of ether oxygens (including phenoxy) is 1. The van der Waals surface area contributed by atoms with Crippen LogP contribution in [0.2, 0.25) is 0 Å². The summed E-state index contributed by atoms with van der Waals surface area (Å²) in [5.74, 6) is 0.713. The molecule has 0 bridgehead atoms. The Hall–Kier alpha value is -1.37. The Morgan fingerprint density at radius 3 is 3.10 bits per heavy atom. The molecule has 0 saturated carbocycles. The molecule has 2 aliphatic rings. The molecule has 0 aliphatic carbocycles. The van der Waals surface area contributed by atoms with Gasteiger partial charge in [-0.2, -0.15) is 0 Å². The maximum atomic E-state index is 12.2. The van der Waals surface area contributed by atoms with Crippen LogP contribution in [0.1, 0.15) is 5.56 Å². The first-order chi connectivity index (χ1) is 10.1. The fraction of sp³-hybridized carbons (Fsp3) is 0.400. The third kappa shape index (κ3) is 3.28. The van der Waals surface area contributed by atoms with Crippen molar-refractivity contribution >= 4 is 27.9 Å². The lowest BCUT2D eigenvalue weighted by atomic mass is 10.1. The van der Waals surface area contributed by atoms with Crippen molar-refractivity contribution in [2.24, 2.45) is 5.92 Å². The first kappa shape index (κ1) is 14.6. The number of benzene rings is 1. The molecule has 3 N–H and O–H groups in total.